The number of nitrogens with one attached hydrogen (secondary N) is 1. The molecule has 1 fully saturated rings. The number of hydrogen-bond acceptors (Lipinski definition) is 2. The second kappa shape index (κ2) is 7.41. The Morgan fingerprint density at radius 2 is 1.70 bits per heavy atom. The van der Waals surface area contributed by atoms with Crippen LogP contribution in [0.15, 0.2) is 66.7 Å². The second-order valence-electron chi connectivity index (χ2n) is 7.14. The summed E-state index contributed by atoms with van der Waals surface area (Å²) in [5.74, 6) is 0.112. The van der Waals surface area contributed by atoms with Gasteiger partial charge in [0.1, 0.15) is 0 Å². The van der Waals surface area contributed by atoms with E-state index >= 15 is 0 Å². The monoisotopic (exact) mass is 359 g/mol. The van der Waals surface area contributed by atoms with Crippen LogP contribution in [-0.4, -0.2) is 41.1 Å². The Morgan fingerprint density at radius 3 is 2.37 bits per heavy atom. The van der Waals surface area contributed by atoms with E-state index < -0.39 is 0 Å². The van der Waals surface area contributed by atoms with Crippen LogP contribution in [0.1, 0.15) is 23.0 Å². The zero-order chi connectivity index (χ0) is 18.8. The van der Waals surface area contributed by atoms with E-state index in [1.165, 1.54) is 0 Å². The molecule has 4 nitrogen and oxygen atoms in total. The van der Waals surface area contributed by atoms with Crippen molar-refractivity contribution < 1.29 is 4.79 Å². The Balaban J connectivity index is 1.88. The lowest BCUT2D eigenvalue weighted by atomic mass is 10.1. The van der Waals surface area contributed by atoms with Crippen molar-refractivity contribution in [3.05, 3.63) is 78.0 Å². The Labute approximate surface area is 160 Å². The summed E-state index contributed by atoms with van der Waals surface area (Å²) in [6.07, 6.45) is 0. The van der Waals surface area contributed by atoms with Gasteiger partial charge < -0.3 is 14.8 Å². The molecule has 2 heterocycles. The SMILES string of the molecule is Cc1cc(C(=O)N2CCNC[C@H]2C)c(-c2ccccc2)n1-c1ccccc1. The van der Waals surface area contributed by atoms with Gasteiger partial charge in [-0.15, -0.1) is 0 Å². The summed E-state index contributed by atoms with van der Waals surface area (Å²) in [4.78, 5) is 15.5. The number of para-hydroxylation sites is 1. The second-order valence-corrected chi connectivity index (χ2v) is 7.14. The Hall–Kier alpha value is -2.85. The molecule has 2 aromatic carbocycles. The lowest BCUT2D eigenvalue weighted by molar-refractivity contribution is 0.0656. The van der Waals surface area contributed by atoms with Gasteiger partial charge >= 0.3 is 0 Å². The molecule has 1 saturated heterocycles. The van der Waals surface area contributed by atoms with Crippen LogP contribution in [0.4, 0.5) is 0 Å². The van der Waals surface area contributed by atoms with Crippen molar-refractivity contribution in [2.45, 2.75) is 19.9 Å². The number of aromatic nitrogens is 1. The fourth-order valence-corrected chi connectivity index (χ4v) is 3.89. The quantitative estimate of drug-likeness (QED) is 0.770. The van der Waals surface area contributed by atoms with Crippen molar-refractivity contribution in [1.29, 1.82) is 0 Å². The summed E-state index contributed by atoms with van der Waals surface area (Å²) in [5.41, 5.74) is 4.93. The molecule has 0 bridgehead atoms. The van der Waals surface area contributed by atoms with E-state index in [1.807, 2.05) is 47.4 Å². The molecule has 1 aliphatic heterocycles. The van der Waals surface area contributed by atoms with Crippen molar-refractivity contribution in [3.8, 4) is 16.9 Å². The van der Waals surface area contributed by atoms with Crippen LogP contribution in [0.25, 0.3) is 16.9 Å². The largest absolute Gasteiger partial charge is 0.333 e. The van der Waals surface area contributed by atoms with Crippen LogP contribution >= 0.6 is 0 Å². The molecule has 1 atom stereocenters. The predicted molar refractivity (Wildman–Crippen MR) is 109 cm³/mol. The third-order valence-corrected chi connectivity index (χ3v) is 5.24. The van der Waals surface area contributed by atoms with E-state index in [2.05, 4.69) is 48.0 Å². The highest BCUT2D eigenvalue weighted by Gasteiger charge is 2.28. The Kier molecular flexibility index (Phi) is 4.82. The molecule has 3 aromatic rings. The molecule has 4 rings (SSSR count). The predicted octanol–water partition coefficient (Wildman–Crippen LogP) is 3.89. The van der Waals surface area contributed by atoms with Gasteiger partial charge in [-0.3, -0.25) is 4.79 Å². The van der Waals surface area contributed by atoms with Crippen molar-refractivity contribution >= 4 is 5.91 Å². The van der Waals surface area contributed by atoms with Gasteiger partial charge in [-0.2, -0.15) is 0 Å². The van der Waals surface area contributed by atoms with Crippen LogP contribution in [0.2, 0.25) is 0 Å². The molecule has 0 aliphatic carbocycles. The molecule has 0 unspecified atom stereocenters. The maximum Gasteiger partial charge on any atom is 0.256 e. The maximum atomic E-state index is 13.5. The van der Waals surface area contributed by atoms with Crippen LogP contribution in [-0.2, 0) is 0 Å². The van der Waals surface area contributed by atoms with Gasteiger partial charge in [0.15, 0.2) is 0 Å². The standard InChI is InChI=1S/C23H25N3O/c1-17-15-21(23(27)25-14-13-24-16-18(25)2)22(19-9-5-3-6-10-19)26(17)20-11-7-4-8-12-20/h3-12,15,18,24H,13-14,16H2,1-2H3/t18-/m1/s1. The van der Waals surface area contributed by atoms with Crippen LogP contribution in [0, 0.1) is 6.92 Å². The van der Waals surface area contributed by atoms with Gasteiger partial charge in [0.25, 0.3) is 5.91 Å². The van der Waals surface area contributed by atoms with Crippen LogP contribution < -0.4 is 5.32 Å². The molecular formula is C23H25N3O. The number of rotatable bonds is 3. The molecule has 1 aromatic heterocycles. The van der Waals surface area contributed by atoms with Gasteiger partial charge in [0.2, 0.25) is 0 Å². The zero-order valence-corrected chi connectivity index (χ0v) is 15.9. The fourth-order valence-electron chi connectivity index (χ4n) is 3.89. The van der Waals surface area contributed by atoms with Gasteiger partial charge in [0, 0.05) is 37.1 Å². The van der Waals surface area contributed by atoms with Crippen molar-refractivity contribution in [2.75, 3.05) is 19.6 Å². The lowest BCUT2D eigenvalue weighted by Crippen LogP contribution is -2.52. The number of hydrogen-bond donors (Lipinski definition) is 1. The van der Waals surface area contributed by atoms with E-state index in [1.54, 1.807) is 0 Å². The van der Waals surface area contributed by atoms with E-state index in [4.69, 9.17) is 0 Å². The molecular weight excluding hydrogens is 334 g/mol. The first-order valence-electron chi connectivity index (χ1n) is 9.51. The molecule has 4 heteroatoms. The van der Waals surface area contributed by atoms with Crippen molar-refractivity contribution in [2.24, 2.45) is 0 Å². The average Bonchev–Trinajstić information content (AvgIpc) is 3.06. The number of carbonyl (C=O) groups excluding carboxylic acids is 1. The minimum atomic E-state index is 0.112. The van der Waals surface area contributed by atoms with Gasteiger partial charge in [-0.1, -0.05) is 48.5 Å². The molecule has 1 amide bonds. The highest BCUT2D eigenvalue weighted by molar-refractivity contribution is 6.01. The minimum absolute atomic E-state index is 0.112. The minimum Gasteiger partial charge on any atom is -0.333 e. The smallest absolute Gasteiger partial charge is 0.256 e. The molecule has 0 saturated carbocycles. The van der Waals surface area contributed by atoms with Gasteiger partial charge in [-0.25, -0.2) is 0 Å². The van der Waals surface area contributed by atoms with E-state index in [0.29, 0.717) is 0 Å². The average molecular weight is 359 g/mol. The lowest BCUT2D eigenvalue weighted by Gasteiger charge is -2.34. The van der Waals surface area contributed by atoms with Crippen molar-refractivity contribution in [3.63, 3.8) is 0 Å². The topological polar surface area (TPSA) is 37.3 Å². The highest BCUT2D eigenvalue weighted by Crippen LogP contribution is 2.32. The summed E-state index contributed by atoms with van der Waals surface area (Å²) in [6, 6.07) is 22.7. The molecule has 0 radical (unpaired) electrons. The Bertz CT molecular complexity index is 931. The molecule has 0 spiro atoms. The van der Waals surface area contributed by atoms with E-state index in [9.17, 15) is 4.79 Å². The summed E-state index contributed by atoms with van der Waals surface area (Å²) in [5, 5.41) is 3.36. The molecule has 27 heavy (non-hydrogen) atoms. The summed E-state index contributed by atoms with van der Waals surface area (Å²) < 4.78 is 2.19. The number of aryl methyl sites for hydroxylation is 1. The van der Waals surface area contributed by atoms with Crippen LogP contribution in [0.5, 0.6) is 0 Å². The third-order valence-electron chi connectivity index (χ3n) is 5.24. The number of piperazine rings is 1. The number of carbonyl (C=O) groups is 1. The first-order valence-corrected chi connectivity index (χ1v) is 9.51. The summed E-state index contributed by atoms with van der Waals surface area (Å²) in [7, 11) is 0. The molecule has 138 valence electrons. The van der Waals surface area contributed by atoms with Crippen molar-refractivity contribution in [1.82, 2.24) is 14.8 Å². The summed E-state index contributed by atoms with van der Waals surface area (Å²) >= 11 is 0. The third kappa shape index (κ3) is 3.28. The fraction of sp³-hybridized carbons (Fsp3) is 0.261. The molecule has 1 N–H and O–H groups in total. The number of nitrogens with zero attached hydrogens (tertiary/aromatic N) is 2. The number of benzene rings is 2. The first kappa shape index (κ1) is 17.6. The number of amides is 1. The van der Waals surface area contributed by atoms with E-state index in [-0.39, 0.29) is 11.9 Å². The van der Waals surface area contributed by atoms with E-state index in [0.717, 1.165) is 47.8 Å². The molecule has 1 aliphatic rings. The maximum absolute atomic E-state index is 13.5. The van der Waals surface area contributed by atoms with Gasteiger partial charge in [0.05, 0.1) is 11.3 Å². The zero-order valence-electron chi connectivity index (χ0n) is 15.9. The Morgan fingerprint density at radius 1 is 1.04 bits per heavy atom. The van der Waals surface area contributed by atoms with Gasteiger partial charge in [-0.05, 0) is 37.6 Å². The van der Waals surface area contributed by atoms with Crippen LogP contribution in [0.3, 0.4) is 0 Å². The highest BCUT2D eigenvalue weighted by atomic mass is 16.2. The summed E-state index contributed by atoms with van der Waals surface area (Å²) in [6.45, 7) is 6.59. The normalized spacial score (nSPS) is 17.1. The first-order chi connectivity index (χ1) is 13.2.